The molecule has 0 rings (SSSR count). The lowest BCUT2D eigenvalue weighted by molar-refractivity contribution is -0.122. The van der Waals surface area contributed by atoms with Crippen molar-refractivity contribution in [3.8, 4) is 12.3 Å². The van der Waals surface area contributed by atoms with E-state index >= 15 is 0 Å². The van der Waals surface area contributed by atoms with Crippen LogP contribution in [0.2, 0.25) is 0 Å². The maximum atomic E-state index is 11.0. The van der Waals surface area contributed by atoms with Crippen molar-refractivity contribution in [3.05, 3.63) is 11.1 Å². The predicted molar refractivity (Wildman–Crippen MR) is 52.5 cm³/mol. The molecule has 0 aliphatic carbocycles. The number of amides is 1. The third-order valence-corrected chi connectivity index (χ3v) is 1.41. The van der Waals surface area contributed by atoms with Crippen molar-refractivity contribution in [3.63, 3.8) is 0 Å². The summed E-state index contributed by atoms with van der Waals surface area (Å²) in [6, 6.07) is -0.623. The Hall–Kier alpha value is -0.790. The van der Waals surface area contributed by atoms with Gasteiger partial charge in [-0.05, 0) is 0 Å². The van der Waals surface area contributed by atoms with Gasteiger partial charge in [-0.2, -0.15) is 0 Å². The van der Waals surface area contributed by atoms with E-state index in [1.54, 1.807) is 0 Å². The molecule has 1 unspecified atom stereocenters. The highest BCUT2D eigenvalue weighted by atomic mass is 79.9. The second-order valence-corrected chi connectivity index (χ2v) is 3.37. The number of hydrogen-bond donors (Lipinski definition) is 2. The van der Waals surface area contributed by atoms with E-state index in [0.29, 0.717) is 11.0 Å². The largest absolute Gasteiger partial charge is 0.350 e. The second kappa shape index (κ2) is 5.81. The second-order valence-electron chi connectivity index (χ2n) is 2.25. The molecule has 0 saturated heterocycles. The summed E-state index contributed by atoms with van der Waals surface area (Å²) in [6.45, 7) is 3.93. The Morgan fingerprint density at radius 3 is 2.83 bits per heavy atom. The molecule has 4 heteroatoms. The molecule has 0 radical (unpaired) electrons. The molecule has 0 heterocycles. The summed E-state index contributed by atoms with van der Waals surface area (Å²) in [7, 11) is 0. The molecule has 3 nitrogen and oxygen atoms in total. The lowest BCUT2D eigenvalue weighted by atomic mass is 10.2. The summed E-state index contributed by atoms with van der Waals surface area (Å²) in [5, 5.41) is 2.56. The van der Waals surface area contributed by atoms with E-state index in [1.165, 1.54) is 0 Å². The van der Waals surface area contributed by atoms with Gasteiger partial charge in [-0.1, -0.05) is 22.5 Å². The fourth-order valence-corrected chi connectivity index (χ4v) is 0.674. The third-order valence-electron chi connectivity index (χ3n) is 1.13. The molecule has 0 spiro atoms. The first kappa shape index (κ1) is 11.2. The van der Waals surface area contributed by atoms with Crippen LogP contribution >= 0.6 is 15.9 Å². The molecule has 1 amide bonds. The van der Waals surface area contributed by atoms with Gasteiger partial charge in [0.15, 0.2) is 0 Å². The van der Waals surface area contributed by atoms with E-state index < -0.39 is 6.04 Å². The Morgan fingerprint density at radius 2 is 2.42 bits per heavy atom. The molecular weight excluding hydrogens is 220 g/mol. The minimum atomic E-state index is -0.623. The number of nitrogens with two attached hydrogens (primary N) is 1. The minimum Gasteiger partial charge on any atom is -0.350 e. The summed E-state index contributed by atoms with van der Waals surface area (Å²) in [6.07, 6.45) is 5.24. The van der Waals surface area contributed by atoms with Crippen LogP contribution in [0.4, 0.5) is 0 Å². The Balaban J connectivity index is 3.73. The molecule has 0 aliphatic rings. The van der Waals surface area contributed by atoms with Crippen molar-refractivity contribution < 1.29 is 4.79 Å². The number of terminal acetylenes is 1. The highest BCUT2D eigenvalue weighted by molar-refractivity contribution is 9.11. The van der Waals surface area contributed by atoms with E-state index in [1.807, 2.05) is 0 Å². The lowest BCUT2D eigenvalue weighted by Gasteiger charge is -2.08. The van der Waals surface area contributed by atoms with Crippen LogP contribution in [0.25, 0.3) is 0 Å². The lowest BCUT2D eigenvalue weighted by Crippen LogP contribution is -2.40. The normalized spacial score (nSPS) is 11.4. The standard InChI is InChI=1S/C8H11BrN2O/c1-3-4-7(10)8(12)11-5-6(2)9/h1,7H,2,4-5,10H2,(H,11,12). The smallest absolute Gasteiger partial charge is 0.238 e. The molecule has 3 N–H and O–H groups in total. The Bertz CT molecular complexity index is 220. The fourth-order valence-electron chi connectivity index (χ4n) is 0.534. The van der Waals surface area contributed by atoms with Gasteiger partial charge in [0.2, 0.25) is 5.91 Å². The van der Waals surface area contributed by atoms with Gasteiger partial charge >= 0.3 is 0 Å². The predicted octanol–water partition coefficient (Wildman–Crippen LogP) is 0.362. The molecule has 0 aliphatic heterocycles. The van der Waals surface area contributed by atoms with Crippen LogP contribution in [0, 0.1) is 12.3 Å². The number of carbonyl (C=O) groups excluding carboxylic acids is 1. The topological polar surface area (TPSA) is 55.1 Å². The zero-order valence-corrected chi connectivity index (χ0v) is 8.23. The maximum absolute atomic E-state index is 11.0. The number of halogens is 1. The van der Waals surface area contributed by atoms with Crippen molar-refractivity contribution in [2.24, 2.45) is 5.73 Å². The van der Waals surface area contributed by atoms with Crippen LogP contribution in [0.3, 0.4) is 0 Å². The van der Waals surface area contributed by atoms with Gasteiger partial charge in [-0.15, -0.1) is 12.3 Å². The molecule has 0 fully saturated rings. The van der Waals surface area contributed by atoms with Crippen molar-refractivity contribution in [2.45, 2.75) is 12.5 Å². The van der Waals surface area contributed by atoms with Gasteiger partial charge < -0.3 is 11.1 Å². The summed E-state index contributed by atoms with van der Waals surface area (Å²) >= 11 is 3.10. The van der Waals surface area contributed by atoms with Crippen LogP contribution in [0.5, 0.6) is 0 Å². The van der Waals surface area contributed by atoms with E-state index in [9.17, 15) is 4.79 Å². The number of carbonyl (C=O) groups is 1. The Kier molecular flexibility index (Phi) is 5.43. The highest BCUT2D eigenvalue weighted by Crippen LogP contribution is 1.97. The monoisotopic (exact) mass is 230 g/mol. The first-order valence-electron chi connectivity index (χ1n) is 3.38. The molecule has 0 saturated carbocycles. The zero-order chi connectivity index (χ0) is 9.56. The van der Waals surface area contributed by atoms with E-state index in [4.69, 9.17) is 12.2 Å². The molecule has 12 heavy (non-hydrogen) atoms. The molecule has 0 aromatic heterocycles. The van der Waals surface area contributed by atoms with E-state index in [-0.39, 0.29) is 12.3 Å². The van der Waals surface area contributed by atoms with Crippen LogP contribution < -0.4 is 11.1 Å². The summed E-state index contributed by atoms with van der Waals surface area (Å²) in [5.74, 6) is 2.06. The fraction of sp³-hybridized carbons (Fsp3) is 0.375. The number of nitrogens with one attached hydrogen (secondary N) is 1. The SMILES string of the molecule is C#CCC(N)C(=O)NCC(=C)Br. The highest BCUT2D eigenvalue weighted by Gasteiger charge is 2.10. The van der Waals surface area contributed by atoms with Crippen molar-refractivity contribution in [2.75, 3.05) is 6.54 Å². The Labute approximate surface area is 80.5 Å². The molecule has 0 bridgehead atoms. The van der Waals surface area contributed by atoms with Gasteiger partial charge in [0, 0.05) is 17.4 Å². The van der Waals surface area contributed by atoms with Crippen molar-refractivity contribution in [1.29, 1.82) is 0 Å². The van der Waals surface area contributed by atoms with Gasteiger partial charge in [0.1, 0.15) is 0 Å². The first-order valence-corrected chi connectivity index (χ1v) is 4.17. The van der Waals surface area contributed by atoms with Gasteiger partial charge in [-0.25, -0.2) is 0 Å². The maximum Gasteiger partial charge on any atom is 0.238 e. The van der Waals surface area contributed by atoms with Gasteiger partial charge in [0.25, 0.3) is 0 Å². The van der Waals surface area contributed by atoms with Crippen molar-refractivity contribution >= 4 is 21.8 Å². The third kappa shape index (κ3) is 4.94. The first-order chi connectivity index (χ1) is 5.57. The van der Waals surface area contributed by atoms with Crippen LogP contribution in [0.1, 0.15) is 6.42 Å². The van der Waals surface area contributed by atoms with Crippen LogP contribution in [0.15, 0.2) is 11.1 Å². The molecule has 66 valence electrons. The van der Waals surface area contributed by atoms with E-state index in [0.717, 1.165) is 0 Å². The van der Waals surface area contributed by atoms with Gasteiger partial charge in [-0.3, -0.25) is 4.79 Å². The summed E-state index contributed by atoms with van der Waals surface area (Å²) in [4.78, 5) is 11.0. The molecular formula is C8H11BrN2O. The average Bonchev–Trinajstić information content (AvgIpc) is 2.00. The molecule has 1 atom stereocenters. The van der Waals surface area contributed by atoms with E-state index in [2.05, 4.69) is 33.7 Å². The van der Waals surface area contributed by atoms with Crippen LogP contribution in [-0.4, -0.2) is 18.5 Å². The Morgan fingerprint density at radius 1 is 1.83 bits per heavy atom. The summed E-state index contributed by atoms with van der Waals surface area (Å²) in [5.41, 5.74) is 5.41. The van der Waals surface area contributed by atoms with Gasteiger partial charge in [0.05, 0.1) is 6.04 Å². The zero-order valence-electron chi connectivity index (χ0n) is 6.64. The van der Waals surface area contributed by atoms with Crippen molar-refractivity contribution in [1.82, 2.24) is 5.32 Å². The average molecular weight is 231 g/mol. The number of rotatable bonds is 4. The number of hydrogen-bond acceptors (Lipinski definition) is 2. The van der Waals surface area contributed by atoms with Crippen LogP contribution in [-0.2, 0) is 4.79 Å². The molecule has 0 aromatic carbocycles. The molecule has 0 aromatic rings. The minimum absolute atomic E-state index is 0.251. The summed E-state index contributed by atoms with van der Waals surface area (Å²) < 4.78 is 0.698. The quantitative estimate of drug-likeness (QED) is 0.686.